The van der Waals surface area contributed by atoms with Crippen LogP contribution in [0.15, 0.2) is 35.3 Å². The summed E-state index contributed by atoms with van der Waals surface area (Å²) in [4.78, 5) is 16.8. The number of aromatic nitrogens is 4. The second-order valence-corrected chi connectivity index (χ2v) is 9.95. The van der Waals surface area contributed by atoms with Gasteiger partial charge in [-0.25, -0.2) is 9.37 Å². The lowest BCUT2D eigenvalue weighted by Crippen LogP contribution is -2.35. The zero-order valence-corrected chi connectivity index (χ0v) is 21.9. The molecule has 4 aromatic rings. The molecule has 1 saturated carbocycles. The van der Waals surface area contributed by atoms with E-state index in [9.17, 15) is 14.3 Å². The molecule has 0 unspecified atom stereocenters. The highest BCUT2D eigenvalue weighted by Gasteiger charge is 2.41. The molecule has 200 valence electrons. The number of fused-ring (bicyclic) bond motifs is 1. The van der Waals surface area contributed by atoms with Gasteiger partial charge in [0.1, 0.15) is 11.2 Å². The molecular weight excluding hydrogens is 492 g/mol. The predicted octanol–water partition coefficient (Wildman–Crippen LogP) is 3.63. The normalized spacial score (nSPS) is 14.6. The van der Waals surface area contributed by atoms with Crippen LogP contribution in [0.25, 0.3) is 22.2 Å². The van der Waals surface area contributed by atoms with Gasteiger partial charge in [-0.2, -0.15) is 9.49 Å². The monoisotopic (exact) mass is 523 g/mol. The van der Waals surface area contributed by atoms with Crippen LogP contribution in [0.5, 0.6) is 5.75 Å². The van der Waals surface area contributed by atoms with E-state index in [1.54, 1.807) is 18.8 Å². The van der Waals surface area contributed by atoms with Gasteiger partial charge in [-0.15, -0.1) is 0 Å². The van der Waals surface area contributed by atoms with Gasteiger partial charge in [-0.3, -0.25) is 14.0 Å². The van der Waals surface area contributed by atoms with E-state index in [-0.39, 0.29) is 17.9 Å². The van der Waals surface area contributed by atoms with Gasteiger partial charge < -0.3 is 15.2 Å². The molecule has 1 aromatic carbocycles. The van der Waals surface area contributed by atoms with Crippen LogP contribution in [-0.2, 0) is 32.7 Å². The highest BCUT2D eigenvalue weighted by Crippen LogP contribution is 2.42. The topological polar surface area (TPSA) is 94.2 Å². The summed E-state index contributed by atoms with van der Waals surface area (Å²) in [6.45, 7) is 2.42. The number of nitrogens with zero attached hydrogens (tertiary/aromatic N) is 4. The minimum atomic E-state index is -1.08. The summed E-state index contributed by atoms with van der Waals surface area (Å²) in [5.41, 5.74) is 3.38. The summed E-state index contributed by atoms with van der Waals surface area (Å²) in [6, 6.07) is 5.88. The first-order valence-corrected chi connectivity index (χ1v) is 12.6. The molecule has 1 aliphatic rings. The Morgan fingerprint density at radius 3 is 2.66 bits per heavy atom. The van der Waals surface area contributed by atoms with Gasteiger partial charge in [-0.1, -0.05) is 0 Å². The minimum absolute atomic E-state index is 0.0590. The quantitative estimate of drug-likeness (QED) is 0.366. The van der Waals surface area contributed by atoms with Crippen LogP contribution in [-0.4, -0.2) is 38.1 Å². The van der Waals surface area contributed by atoms with E-state index in [4.69, 9.17) is 4.74 Å². The zero-order valence-electron chi connectivity index (χ0n) is 21.9. The average Bonchev–Trinajstić information content (AvgIpc) is 3.17. The van der Waals surface area contributed by atoms with E-state index in [2.05, 4.69) is 15.4 Å². The maximum Gasteiger partial charge on any atom is 0.252 e. The van der Waals surface area contributed by atoms with Crippen LogP contribution in [0, 0.1) is 18.6 Å². The summed E-state index contributed by atoms with van der Waals surface area (Å²) in [5.74, 6) is -2.31. The number of nitrogens with one attached hydrogen (secondary N) is 1. The number of hydrogen-bond acceptors (Lipinski definition) is 6. The number of aliphatic hydroxyl groups is 1. The third-order valence-corrected chi connectivity index (χ3v) is 7.56. The summed E-state index contributed by atoms with van der Waals surface area (Å²) < 4.78 is 38.5. The van der Waals surface area contributed by atoms with E-state index in [0.29, 0.717) is 48.3 Å². The fraction of sp³-hybridized carbons (Fsp3) is 0.393. The number of rotatable bonds is 8. The molecule has 38 heavy (non-hydrogen) atoms. The van der Waals surface area contributed by atoms with Crippen LogP contribution in [0.3, 0.4) is 0 Å². The van der Waals surface area contributed by atoms with Crippen LogP contribution in [0.2, 0.25) is 0 Å². The predicted molar refractivity (Wildman–Crippen MR) is 140 cm³/mol. The molecule has 0 atom stereocenters. The Morgan fingerprint density at radius 2 is 1.97 bits per heavy atom. The van der Waals surface area contributed by atoms with Crippen molar-refractivity contribution >= 4 is 11.0 Å². The Labute approximate surface area is 218 Å². The molecular formula is C28H31F2N5O3. The van der Waals surface area contributed by atoms with Crippen molar-refractivity contribution in [1.82, 2.24) is 24.6 Å². The van der Waals surface area contributed by atoms with Crippen LogP contribution in [0.4, 0.5) is 8.78 Å². The van der Waals surface area contributed by atoms with Gasteiger partial charge in [0.25, 0.3) is 5.56 Å². The Morgan fingerprint density at radius 1 is 1.21 bits per heavy atom. The zero-order chi connectivity index (χ0) is 27.2. The molecule has 5 rings (SSSR count). The minimum Gasteiger partial charge on any atom is -0.489 e. The van der Waals surface area contributed by atoms with Gasteiger partial charge >= 0.3 is 0 Å². The molecule has 0 saturated heterocycles. The second-order valence-electron chi connectivity index (χ2n) is 9.95. The average molecular weight is 524 g/mol. The number of pyridine rings is 2. The molecule has 0 amide bonds. The maximum atomic E-state index is 15.1. The molecule has 1 fully saturated rings. The first-order chi connectivity index (χ1) is 18.1. The van der Waals surface area contributed by atoms with Crippen molar-refractivity contribution in [3.63, 3.8) is 0 Å². The summed E-state index contributed by atoms with van der Waals surface area (Å²) in [6.07, 6.45) is 4.13. The van der Waals surface area contributed by atoms with E-state index in [1.807, 2.05) is 20.0 Å². The number of halogens is 2. The molecule has 8 nitrogen and oxygen atoms in total. The van der Waals surface area contributed by atoms with Crippen molar-refractivity contribution < 1.29 is 18.6 Å². The van der Waals surface area contributed by atoms with Gasteiger partial charge in [0, 0.05) is 67.1 Å². The lowest BCUT2D eigenvalue weighted by molar-refractivity contribution is -0.0437. The Bertz CT molecular complexity index is 1590. The molecule has 3 aromatic heterocycles. The third-order valence-electron chi connectivity index (χ3n) is 7.56. The van der Waals surface area contributed by atoms with Crippen LogP contribution < -0.4 is 15.6 Å². The number of aryl methyl sites for hydroxylation is 2. The highest BCUT2D eigenvalue weighted by atomic mass is 19.2. The third kappa shape index (κ3) is 4.37. The van der Waals surface area contributed by atoms with Crippen molar-refractivity contribution in [1.29, 1.82) is 0 Å². The summed E-state index contributed by atoms with van der Waals surface area (Å²) >= 11 is 0. The molecule has 0 spiro atoms. The Balaban J connectivity index is 1.50. The van der Waals surface area contributed by atoms with Crippen molar-refractivity contribution in [3.8, 4) is 16.9 Å². The number of benzene rings is 1. The van der Waals surface area contributed by atoms with Crippen LogP contribution in [0.1, 0.15) is 41.8 Å². The Kier molecular flexibility index (Phi) is 6.79. The number of ether oxygens (including phenoxy) is 1. The highest BCUT2D eigenvalue weighted by molar-refractivity contribution is 5.85. The molecule has 3 heterocycles. The Hall–Kier alpha value is -3.63. The van der Waals surface area contributed by atoms with Crippen molar-refractivity contribution in [3.05, 3.63) is 75.0 Å². The molecule has 1 aliphatic carbocycles. The lowest BCUT2D eigenvalue weighted by Gasteiger charge is -2.35. The first kappa shape index (κ1) is 26.0. The maximum absolute atomic E-state index is 15.1. The van der Waals surface area contributed by atoms with Gasteiger partial charge in [0.15, 0.2) is 11.6 Å². The van der Waals surface area contributed by atoms with E-state index in [0.717, 1.165) is 34.7 Å². The summed E-state index contributed by atoms with van der Waals surface area (Å²) in [7, 11) is 5.24. The largest absolute Gasteiger partial charge is 0.489 e. The SMILES string of the molecule is CNCc1cc(=O)n(C)c2ncc(-c3ccc(F)c(F)c3OCCc3c(C4(O)CCC4)nn(C)c3C)cc12. The van der Waals surface area contributed by atoms with Crippen molar-refractivity contribution in [2.24, 2.45) is 14.1 Å². The number of hydrogen-bond donors (Lipinski definition) is 2. The van der Waals surface area contributed by atoms with Crippen LogP contribution >= 0.6 is 0 Å². The fourth-order valence-electron chi connectivity index (χ4n) is 5.10. The molecule has 0 aliphatic heterocycles. The lowest BCUT2D eigenvalue weighted by atomic mass is 9.76. The van der Waals surface area contributed by atoms with E-state index < -0.39 is 17.2 Å². The first-order valence-electron chi connectivity index (χ1n) is 12.6. The molecule has 2 N–H and O–H groups in total. The molecule has 10 heteroatoms. The van der Waals surface area contributed by atoms with Gasteiger partial charge in [0.05, 0.1) is 12.3 Å². The summed E-state index contributed by atoms with van der Waals surface area (Å²) in [5, 5.41) is 19.2. The van der Waals surface area contributed by atoms with Crippen molar-refractivity contribution in [2.75, 3.05) is 13.7 Å². The standard InChI is InChI=1S/C28H31F2N5O3/c1-16-19(26(33-35(16)4)28(37)9-5-10-28)8-11-38-25-20(6-7-22(29)24(25)30)17-12-21-18(14-31-2)13-23(36)34(3)27(21)32-15-17/h6-7,12-13,15,31,37H,5,8-11,14H2,1-4H3. The van der Waals surface area contributed by atoms with Crippen molar-refractivity contribution in [2.45, 2.75) is 44.8 Å². The van der Waals surface area contributed by atoms with E-state index >= 15 is 4.39 Å². The fourth-order valence-corrected chi connectivity index (χ4v) is 5.10. The molecule has 0 radical (unpaired) electrons. The van der Waals surface area contributed by atoms with Gasteiger partial charge in [-0.05, 0) is 57.0 Å². The van der Waals surface area contributed by atoms with Gasteiger partial charge in [0.2, 0.25) is 5.82 Å². The smallest absolute Gasteiger partial charge is 0.252 e. The molecule has 0 bridgehead atoms. The second kappa shape index (κ2) is 9.92. The van der Waals surface area contributed by atoms with E-state index in [1.165, 1.54) is 22.9 Å².